The van der Waals surface area contributed by atoms with Crippen LogP contribution in [0.1, 0.15) is 24.1 Å². The zero-order valence-corrected chi connectivity index (χ0v) is 17.7. The molecular formula is C19H25N7O4S. The third kappa shape index (κ3) is 6.28. The van der Waals surface area contributed by atoms with E-state index in [1.54, 1.807) is 21.7 Å². The third-order valence-corrected chi connectivity index (χ3v) is 4.96. The summed E-state index contributed by atoms with van der Waals surface area (Å²) >= 11 is 5.12. The molecule has 11 nitrogen and oxygen atoms in total. The van der Waals surface area contributed by atoms with Crippen LogP contribution in [0.25, 0.3) is 5.69 Å². The Hall–Kier alpha value is -3.41. The number of thiocarbonyl (C=S) groups is 1. The predicted octanol–water partition coefficient (Wildman–Crippen LogP) is 0.896. The fraction of sp³-hybridized carbons (Fsp3) is 0.421. The fourth-order valence-corrected chi connectivity index (χ4v) is 3.30. The Morgan fingerprint density at radius 1 is 1.39 bits per heavy atom. The zero-order valence-electron chi connectivity index (χ0n) is 16.9. The molecule has 31 heavy (non-hydrogen) atoms. The number of benzene rings is 1. The number of amides is 3. The zero-order chi connectivity index (χ0) is 22.2. The number of nitrogens with zero attached hydrogens (tertiary/aromatic N) is 4. The normalized spacial score (nSPS) is 13.2. The summed E-state index contributed by atoms with van der Waals surface area (Å²) in [5.74, 6) is 0.515. The van der Waals surface area contributed by atoms with E-state index in [2.05, 4.69) is 20.9 Å². The van der Waals surface area contributed by atoms with Gasteiger partial charge in [-0.15, -0.1) is 5.10 Å². The smallest absolute Gasteiger partial charge is 0.404 e. The molecule has 2 heterocycles. The van der Waals surface area contributed by atoms with Gasteiger partial charge >= 0.3 is 12.1 Å². The van der Waals surface area contributed by atoms with E-state index >= 15 is 0 Å². The minimum Gasteiger partial charge on any atom is -0.491 e. The molecule has 0 bridgehead atoms. The van der Waals surface area contributed by atoms with Gasteiger partial charge in [-0.2, -0.15) is 0 Å². The second kappa shape index (κ2) is 10.6. The number of urea groups is 1. The molecule has 0 radical (unpaired) electrons. The lowest BCUT2D eigenvalue weighted by Crippen LogP contribution is -2.32. The fourth-order valence-electron chi connectivity index (χ4n) is 3.13. The van der Waals surface area contributed by atoms with Crippen molar-refractivity contribution in [1.29, 1.82) is 0 Å². The number of nitrogens with one attached hydrogen (secondary N) is 2. The molecular weight excluding hydrogens is 422 g/mol. The molecule has 2 aromatic rings. The van der Waals surface area contributed by atoms with Crippen molar-refractivity contribution in [2.75, 3.05) is 32.8 Å². The van der Waals surface area contributed by atoms with Gasteiger partial charge in [-0.05, 0) is 31.4 Å². The third-order valence-electron chi connectivity index (χ3n) is 4.74. The van der Waals surface area contributed by atoms with Crippen LogP contribution in [0.4, 0.5) is 9.59 Å². The lowest BCUT2D eigenvalue weighted by molar-refractivity contribution is 0.194. The van der Waals surface area contributed by atoms with E-state index in [0.29, 0.717) is 50.5 Å². The predicted molar refractivity (Wildman–Crippen MR) is 117 cm³/mol. The lowest BCUT2D eigenvalue weighted by atomic mass is 10.1. The van der Waals surface area contributed by atoms with Crippen LogP contribution in [-0.4, -0.2) is 74.9 Å². The number of nitrogens with two attached hydrogens (primary N) is 1. The average Bonchev–Trinajstić information content (AvgIpc) is 3.36. The van der Waals surface area contributed by atoms with E-state index in [1.165, 1.54) is 0 Å². The highest BCUT2D eigenvalue weighted by Gasteiger charge is 2.19. The van der Waals surface area contributed by atoms with Crippen molar-refractivity contribution in [1.82, 2.24) is 30.5 Å². The van der Waals surface area contributed by atoms with Crippen LogP contribution >= 0.6 is 12.2 Å². The minimum absolute atomic E-state index is 0.0965. The number of unbranched alkanes of at least 4 members (excludes halogenated alkanes) is 1. The Morgan fingerprint density at radius 2 is 2.23 bits per heavy atom. The molecule has 1 aliphatic rings. The first kappa shape index (κ1) is 22.3. The highest BCUT2D eigenvalue weighted by Crippen LogP contribution is 2.23. The lowest BCUT2D eigenvalue weighted by Gasteiger charge is -2.16. The SMILES string of the molecule is NC(=S)c1ccc(-n2cc(CCCCNC(=O)O)nn2)cc1OCCN1CCNC1=O. The Kier molecular flexibility index (Phi) is 7.60. The summed E-state index contributed by atoms with van der Waals surface area (Å²) in [5.41, 5.74) is 7.97. The number of aryl methyl sites for hydroxylation is 1. The quantitative estimate of drug-likeness (QED) is 0.293. The first-order chi connectivity index (χ1) is 14.9. The molecule has 1 aromatic carbocycles. The van der Waals surface area contributed by atoms with Crippen LogP contribution in [-0.2, 0) is 6.42 Å². The summed E-state index contributed by atoms with van der Waals surface area (Å²) in [4.78, 5) is 24.0. The van der Waals surface area contributed by atoms with Gasteiger partial charge in [0.15, 0.2) is 0 Å². The highest BCUT2D eigenvalue weighted by molar-refractivity contribution is 7.80. The number of aromatic nitrogens is 3. The van der Waals surface area contributed by atoms with Crippen molar-refractivity contribution in [3.05, 3.63) is 35.7 Å². The summed E-state index contributed by atoms with van der Waals surface area (Å²) in [6.07, 6.45) is 2.99. The summed E-state index contributed by atoms with van der Waals surface area (Å²) in [6, 6.07) is 5.29. The number of ether oxygens (including phenoxy) is 1. The average molecular weight is 448 g/mol. The first-order valence-electron chi connectivity index (χ1n) is 9.92. The van der Waals surface area contributed by atoms with E-state index in [9.17, 15) is 9.59 Å². The summed E-state index contributed by atoms with van der Waals surface area (Å²) in [7, 11) is 0. The Morgan fingerprint density at radius 3 is 2.94 bits per heavy atom. The van der Waals surface area contributed by atoms with Crippen molar-refractivity contribution in [2.45, 2.75) is 19.3 Å². The molecule has 166 valence electrons. The summed E-state index contributed by atoms with van der Waals surface area (Å²) in [6.45, 7) is 2.45. The number of hydrogen-bond acceptors (Lipinski definition) is 6. The van der Waals surface area contributed by atoms with Gasteiger partial charge in [0.25, 0.3) is 0 Å². The van der Waals surface area contributed by atoms with Crippen LogP contribution < -0.4 is 21.1 Å². The molecule has 12 heteroatoms. The Labute approximate surface area is 184 Å². The summed E-state index contributed by atoms with van der Waals surface area (Å²) in [5, 5.41) is 22.0. The maximum Gasteiger partial charge on any atom is 0.404 e. The number of carboxylic acid groups (broad SMARTS) is 1. The van der Waals surface area contributed by atoms with Crippen LogP contribution in [0.3, 0.4) is 0 Å². The molecule has 0 spiro atoms. The molecule has 0 saturated carbocycles. The second-order valence-electron chi connectivity index (χ2n) is 6.96. The van der Waals surface area contributed by atoms with E-state index in [4.69, 9.17) is 27.8 Å². The van der Waals surface area contributed by atoms with Crippen LogP contribution in [0.5, 0.6) is 5.75 Å². The standard InChI is InChI=1S/C19H25N7O4S/c20-17(31)15-5-4-14(11-16(15)30-10-9-25-8-7-21-18(25)27)26-12-13(23-24-26)3-1-2-6-22-19(28)29/h4-5,11-12,22H,1-3,6-10H2,(H2,20,31)(H,21,27)(H,28,29). The van der Waals surface area contributed by atoms with Crippen molar-refractivity contribution >= 4 is 29.3 Å². The van der Waals surface area contributed by atoms with Gasteiger partial charge in [0.1, 0.15) is 17.3 Å². The van der Waals surface area contributed by atoms with Crippen LogP contribution in [0.2, 0.25) is 0 Å². The minimum atomic E-state index is -1.02. The van der Waals surface area contributed by atoms with E-state index in [1.807, 2.05) is 12.3 Å². The van der Waals surface area contributed by atoms with Gasteiger partial charge in [0.05, 0.1) is 29.7 Å². The van der Waals surface area contributed by atoms with E-state index < -0.39 is 6.09 Å². The molecule has 3 amide bonds. The monoisotopic (exact) mass is 447 g/mol. The van der Waals surface area contributed by atoms with Gasteiger partial charge < -0.3 is 31.1 Å². The molecule has 0 atom stereocenters. The molecule has 1 aromatic heterocycles. The number of carbonyl (C=O) groups is 2. The van der Waals surface area contributed by atoms with Gasteiger partial charge in [-0.25, -0.2) is 14.3 Å². The number of hydrogen-bond donors (Lipinski definition) is 4. The second-order valence-corrected chi connectivity index (χ2v) is 7.40. The number of carbonyl (C=O) groups excluding carboxylic acids is 1. The molecule has 1 aliphatic heterocycles. The molecule has 0 aliphatic carbocycles. The van der Waals surface area contributed by atoms with Crippen molar-refractivity contribution < 1.29 is 19.4 Å². The van der Waals surface area contributed by atoms with Gasteiger partial charge in [-0.3, -0.25) is 0 Å². The number of rotatable bonds is 11. The van der Waals surface area contributed by atoms with Crippen LogP contribution in [0, 0.1) is 0 Å². The van der Waals surface area contributed by atoms with Crippen molar-refractivity contribution in [3.8, 4) is 11.4 Å². The summed E-state index contributed by atoms with van der Waals surface area (Å²) < 4.78 is 7.52. The molecule has 0 unspecified atom stereocenters. The maximum absolute atomic E-state index is 11.6. The molecule has 1 fully saturated rings. The van der Waals surface area contributed by atoms with Gasteiger partial charge in [0, 0.05) is 25.7 Å². The van der Waals surface area contributed by atoms with Crippen molar-refractivity contribution in [2.24, 2.45) is 5.73 Å². The first-order valence-corrected chi connectivity index (χ1v) is 10.3. The van der Waals surface area contributed by atoms with Crippen molar-refractivity contribution in [3.63, 3.8) is 0 Å². The van der Waals surface area contributed by atoms with Crippen LogP contribution in [0.15, 0.2) is 24.4 Å². The molecule has 3 rings (SSSR count). The largest absolute Gasteiger partial charge is 0.491 e. The topological polar surface area (TPSA) is 148 Å². The van der Waals surface area contributed by atoms with E-state index in [-0.39, 0.29) is 11.0 Å². The molecule has 1 saturated heterocycles. The Balaban J connectivity index is 1.61. The van der Waals surface area contributed by atoms with E-state index in [0.717, 1.165) is 24.2 Å². The van der Waals surface area contributed by atoms with Gasteiger partial charge in [-0.1, -0.05) is 17.4 Å². The maximum atomic E-state index is 11.6. The Bertz CT molecular complexity index is 949. The highest BCUT2D eigenvalue weighted by atomic mass is 32.1. The van der Waals surface area contributed by atoms with Gasteiger partial charge in [0.2, 0.25) is 0 Å². The molecule has 5 N–H and O–H groups in total.